The number of esters is 1. The van der Waals surface area contributed by atoms with Crippen LogP contribution in [0.5, 0.6) is 5.75 Å². The molecule has 0 saturated carbocycles. The number of ether oxygens (including phenoxy) is 2. The molecule has 2 aromatic carbocycles. The lowest BCUT2D eigenvalue weighted by Crippen LogP contribution is -2.20. The molecule has 0 bridgehead atoms. The summed E-state index contributed by atoms with van der Waals surface area (Å²) in [5.41, 5.74) is 1.42. The quantitative estimate of drug-likeness (QED) is 0.825. The van der Waals surface area contributed by atoms with E-state index >= 15 is 0 Å². The third-order valence-electron chi connectivity index (χ3n) is 3.01. The average Bonchev–Trinajstić information content (AvgIpc) is 2.61. The number of nitrogens with zero attached hydrogens (tertiary/aromatic N) is 1. The first-order chi connectivity index (χ1) is 11.6. The molecule has 1 amide bonds. The zero-order valence-electron chi connectivity index (χ0n) is 13.1. The number of hydrogen-bond acceptors (Lipinski definition) is 5. The van der Waals surface area contributed by atoms with Crippen LogP contribution in [0.25, 0.3) is 0 Å². The van der Waals surface area contributed by atoms with Gasteiger partial charge in [0.15, 0.2) is 6.61 Å². The summed E-state index contributed by atoms with van der Waals surface area (Å²) in [6.07, 6.45) is 0. The molecule has 0 aromatic heterocycles. The molecule has 0 fully saturated rings. The monoisotopic (exact) mass is 324 g/mol. The Labute approximate surface area is 139 Å². The van der Waals surface area contributed by atoms with Gasteiger partial charge in [-0.3, -0.25) is 4.79 Å². The number of amides is 1. The molecule has 0 aliphatic carbocycles. The minimum atomic E-state index is -0.406. The third kappa shape index (κ3) is 4.85. The summed E-state index contributed by atoms with van der Waals surface area (Å²) in [7, 11) is 0. The fraction of sp³-hybridized carbons (Fsp3) is 0.167. The van der Waals surface area contributed by atoms with Gasteiger partial charge in [0, 0.05) is 5.69 Å². The molecule has 6 nitrogen and oxygen atoms in total. The summed E-state index contributed by atoms with van der Waals surface area (Å²) in [4.78, 5) is 23.4. The van der Waals surface area contributed by atoms with Crippen molar-refractivity contribution >= 4 is 17.6 Å². The molecule has 1 N–H and O–H groups in total. The number of hydrogen-bond donors (Lipinski definition) is 1. The zero-order chi connectivity index (χ0) is 17.4. The lowest BCUT2D eigenvalue weighted by Gasteiger charge is -2.08. The summed E-state index contributed by atoms with van der Waals surface area (Å²) in [5, 5.41) is 11.5. The van der Waals surface area contributed by atoms with Gasteiger partial charge in [-0.1, -0.05) is 6.07 Å². The van der Waals surface area contributed by atoms with Crippen molar-refractivity contribution in [2.75, 3.05) is 18.5 Å². The fourth-order valence-corrected chi connectivity index (χ4v) is 1.91. The second kappa shape index (κ2) is 8.34. The predicted octanol–water partition coefficient (Wildman–Crippen LogP) is 2.75. The van der Waals surface area contributed by atoms with Crippen LogP contribution in [0.4, 0.5) is 5.69 Å². The molecule has 0 unspecified atom stereocenters. The topological polar surface area (TPSA) is 88.4 Å². The fourth-order valence-electron chi connectivity index (χ4n) is 1.91. The van der Waals surface area contributed by atoms with Crippen molar-refractivity contribution in [2.45, 2.75) is 6.92 Å². The molecular weight excluding hydrogens is 308 g/mol. The standard InChI is InChI=1S/C18H16N2O4/c1-2-23-18(22)14-6-8-15(9-7-14)20-17(21)12-24-16-5-3-4-13(10-16)11-19/h3-10H,2,12H2,1H3,(H,20,21). The first kappa shape index (κ1) is 17.0. The van der Waals surface area contributed by atoms with E-state index in [0.717, 1.165) is 0 Å². The molecule has 2 rings (SSSR count). The van der Waals surface area contributed by atoms with Gasteiger partial charge in [0.05, 0.1) is 23.8 Å². The maximum absolute atomic E-state index is 11.9. The van der Waals surface area contributed by atoms with Gasteiger partial charge in [-0.05, 0) is 49.4 Å². The Kier molecular flexibility index (Phi) is 5.92. The SMILES string of the molecule is CCOC(=O)c1ccc(NC(=O)COc2cccc(C#N)c2)cc1. The molecule has 0 spiro atoms. The smallest absolute Gasteiger partial charge is 0.338 e. The van der Waals surface area contributed by atoms with Gasteiger partial charge >= 0.3 is 5.97 Å². The summed E-state index contributed by atoms with van der Waals surface area (Å²) in [6, 6.07) is 14.9. The van der Waals surface area contributed by atoms with E-state index in [1.54, 1.807) is 55.5 Å². The van der Waals surface area contributed by atoms with Crippen molar-refractivity contribution in [1.82, 2.24) is 0 Å². The Morgan fingerprint density at radius 3 is 2.58 bits per heavy atom. The largest absolute Gasteiger partial charge is 0.484 e. The number of nitriles is 1. The van der Waals surface area contributed by atoms with Crippen molar-refractivity contribution in [3.63, 3.8) is 0 Å². The van der Waals surface area contributed by atoms with Crippen molar-refractivity contribution in [2.24, 2.45) is 0 Å². The first-order valence-corrected chi connectivity index (χ1v) is 7.32. The number of carbonyl (C=O) groups is 2. The highest BCUT2D eigenvalue weighted by atomic mass is 16.5. The van der Waals surface area contributed by atoms with Crippen LogP contribution in [0.15, 0.2) is 48.5 Å². The normalized spacial score (nSPS) is 9.67. The van der Waals surface area contributed by atoms with Crippen LogP contribution < -0.4 is 10.1 Å². The third-order valence-corrected chi connectivity index (χ3v) is 3.01. The Morgan fingerprint density at radius 1 is 1.17 bits per heavy atom. The van der Waals surface area contributed by atoms with E-state index in [4.69, 9.17) is 14.7 Å². The molecule has 0 aliphatic heterocycles. The molecule has 0 radical (unpaired) electrons. The van der Waals surface area contributed by atoms with Gasteiger partial charge in [0.25, 0.3) is 5.91 Å². The van der Waals surface area contributed by atoms with Crippen molar-refractivity contribution < 1.29 is 19.1 Å². The van der Waals surface area contributed by atoms with E-state index in [0.29, 0.717) is 29.2 Å². The number of rotatable bonds is 6. The lowest BCUT2D eigenvalue weighted by molar-refractivity contribution is -0.118. The van der Waals surface area contributed by atoms with E-state index in [9.17, 15) is 9.59 Å². The van der Waals surface area contributed by atoms with E-state index < -0.39 is 5.97 Å². The number of benzene rings is 2. The highest BCUT2D eigenvalue weighted by Gasteiger charge is 2.08. The van der Waals surface area contributed by atoms with Gasteiger partial charge < -0.3 is 14.8 Å². The second-order valence-corrected chi connectivity index (χ2v) is 4.77. The summed E-state index contributed by atoms with van der Waals surface area (Å²) in [5.74, 6) is -0.306. The molecule has 0 aliphatic rings. The summed E-state index contributed by atoms with van der Waals surface area (Å²) < 4.78 is 10.2. The summed E-state index contributed by atoms with van der Waals surface area (Å²) in [6.45, 7) is 1.86. The maximum atomic E-state index is 11.9. The molecule has 2 aromatic rings. The van der Waals surface area contributed by atoms with Crippen LogP contribution in [-0.4, -0.2) is 25.1 Å². The predicted molar refractivity (Wildman–Crippen MR) is 87.7 cm³/mol. The molecule has 122 valence electrons. The maximum Gasteiger partial charge on any atom is 0.338 e. The molecule has 24 heavy (non-hydrogen) atoms. The Balaban J connectivity index is 1.88. The van der Waals surface area contributed by atoms with Gasteiger partial charge in [-0.15, -0.1) is 0 Å². The second-order valence-electron chi connectivity index (χ2n) is 4.77. The van der Waals surface area contributed by atoms with E-state index in [1.165, 1.54) is 0 Å². The molecule has 6 heteroatoms. The zero-order valence-corrected chi connectivity index (χ0v) is 13.1. The van der Waals surface area contributed by atoms with Crippen LogP contribution >= 0.6 is 0 Å². The van der Waals surface area contributed by atoms with Crippen LogP contribution in [0, 0.1) is 11.3 Å². The lowest BCUT2D eigenvalue weighted by atomic mass is 10.2. The average molecular weight is 324 g/mol. The van der Waals surface area contributed by atoms with Crippen molar-refractivity contribution in [3.8, 4) is 11.8 Å². The number of anilines is 1. The van der Waals surface area contributed by atoms with Crippen molar-refractivity contribution in [1.29, 1.82) is 5.26 Å². The highest BCUT2D eigenvalue weighted by molar-refractivity contribution is 5.93. The van der Waals surface area contributed by atoms with Crippen LogP contribution in [-0.2, 0) is 9.53 Å². The van der Waals surface area contributed by atoms with Gasteiger partial charge in [0.2, 0.25) is 0 Å². The Bertz CT molecular complexity index is 763. The minimum absolute atomic E-state index is 0.186. The number of nitrogens with one attached hydrogen (secondary N) is 1. The number of carbonyl (C=O) groups excluding carboxylic acids is 2. The van der Waals surface area contributed by atoms with E-state index in [-0.39, 0.29) is 12.5 Å². The van der Waals surface area contributed by atoms with E-state index in [1.807, 2.05) is 6.07 Å². The van der Waals surface area contributed by atoms with Crippen LogP contribution in [0.2, 0.25) is 0 Å². The first-order valence-electron chi connectivity index (χ1n) is 7.32. The van der Waals surface area contributed by atoms with Gasteiger partial charge in [0.1, 0.15) is 5.75 Å². The molecular formula is C18H16N2O4. The van der Waals surface area contributed by atoms with Crippen LogP contribution in [0.1, 0.15) is 22.8 Å². The van der Waals surface area contributed by atoms with E-state index in [2.05, 4.69) is 5.32 Å². The van der Waals surface area contributed by atoms with Gasteiger partial charge in [-0.25, -0.2) is 4.79 Å². The van der Waals surface area contributed by atoms with Crippen molar-refractivity contribution in [3.05, 3.63) is 59.7 Å². The highest BCUT2D eigenvalue weighted by Crippen LogP contribution is 2.13. The molecule has 0 atom stereocenters. The van der Waals surface area contributed by atoms with Gasteiger partial charge in [-0.2, -0.15) is 5.26 Å². The Morgan fingerprint density at radius 2 is 1.92 bits per heavy atom. The molecule has 0 saturated heterocycles. The summed E-state index contributed by atoms with van der Waals surface area (Å²) >= 11 is 0. The minimum Gasteiger partial charge on any atom is -0.484 e. The van der Waals surface area contributed by atoms with Crippen LogP contribution in [0.3, 0.4) is 0 Å². The Hall–Kier alpha value is -3.33. The molecule has 0 heterocycles.